The second kappa shape index (κ2) is 4.70. The van der Waals surface area contributed by atoms with Crippen molar-refractivity contribution < 1.29 is 4.74 Å². The zero-order valence-corrected chi connectivity index (χ0v) is 11.9. The summed E-state index contributed by atoms with van der Waals surface area (Å²) >= 11 is 0. The van der Waals surface area contributed by atoms with Crippen molar-refractivity contribution in [2.45, 2.75) is 0 Å². The minimum Gasteiger partial charge on any atom is -0.497 e. The number of pyridine rings is 1. The van der Waals surface area contributed by atoms with Crippen molar-refractivity contribution >= 4 is 27.8 Å². The fourth-order valence-corrected chi connectivity index (χ4v) is 2.47. The number of nitrogen functional groups attached to an aromatic ring is 1. The molecule has 0 atom stereocenters. The summed E-state index contributed by atoms with van der Waals surface area (Å²) in [6, 6.07) is 15.3. The molecule has 2 heterocycles. The largest absolute Gasteiger partial charge is 0.497 e. The number of nitrogens with two attached hydrogens (primary N) is 1. The fraction of sp³-hybridized carbons (Fsp3) is 0.0625. The van der Waals surface area contributed by atoms with Crippen LogP contribution in [0, 0.1) is 0 Å². The van der Waals surface area contributed by atoms with Gasteiger partial charge < -0.3 is 10.5 Å². The van der Waals surface area contributed by atoms with Crippen LogP contribution in [0.5, 0.6) is 5.75 Å². The number of benzene rings is 2. The molecule has 0 saturated carbocycles. The van der Waals surface area contributed by atoms with Crippen LogP contribution in [0.4, 0.5) is 5.82 Å². The lowest BCUT2D eigenvalue weighted by molar-refractivity contribution is 0.414. The minimum atomic E-state index is 0.463. The quantitative estimate of drug-likeness (QED) is 0.614. The number of fused-ring (bicyclic) bond motifs is 3. The molecule has 0 unspecified atom stereocenters. The van der Waals surface area contributed by atoms with Gasteiger partial charge in [-0.05, 0) is 24.3 Å². The van der Waals surface area contributed by atoms with Gasteiger partial charge in [-0.2, -0.15) is 0 Å². The van der Waals surface area contributed by atoms with E-state index in [1.807, 2.05) is 48.5 Å². The lowest BCUT2D eigenvalue weighted by atomic mass is 10.1. The lowest BCUT2D eigenvalue weighted by Gasteiger charge is -2.01. The fourth-order valence-electron chi connectivity index (χ4n) is 2.47. The van der Waals surface area contributed by atoms with Crippen molar-refractivity contribution in [2.75, 3.05) is 12.8 Å². The van der Waals surface area contributed by atoms with Gasteiger partial charge in [0.2, 0.25) is 5.65 Å². The number of methoxy groups -OCH3 is 1. The topological polar surface area (TPSA) is 78.8 Å². The van der Waals surface area contributed by atoms with Gasteiger partial charge >= 0.3 is 0 Å². The van der Waals surface area contributed by atoms with Gasteiger partial charge in [0, 0.05) is 10.8 Å². The molecule has 0 radical (unpaired) electrons. The predicted octanol–water partition coefficient (Wildman–Crippen LogP) is 2.56. The van der Waals surface area contributed by atoms with Crippen LogP contribution in [0.2, 0.25) is 0 Å². The summed E-state index contributed by atoms with van der Waals surface area (Å²) in [6.45, 7) is 0. The van der Waals surface area contributed by atoms with E-state index in [2.05, 4.69) is 15.2 Å². The molecule has 4 aromatic rings. The Morgan fingerprint density at radius 3 is 2.41 bits per heavy atom. The molecular weight excluding hydrogens is 278 g/mol. The third-order valence-electron chi connectivity index (χ3n) is 3.58. The van der Waals surface area contributed by atoms with E-state index in [1.54, 1.807) is 11.9 Å². The molecule has 0 spiro atoms. The van der Waals surface area contributed by atoms with Crippen LogP contribution >= 0.6 is 0 Å². The summed E-state index contributed by atoms with van der Waals surface area (Å²) in [6.07, 6.45) is 0. The Labute approximate surface area is 126 Å². The zero-order valence-electron chi connectivity index (χ0n) is 11.9. The summed E-state index contributed by atoms with van der Waals surface area (Å²) < 4.78 is 5.16. The smallest absolute Gasteiger partial charge is 0.204 e. The average molecular weight is 291 g/mol. The molecule has 108 valence electrons. The molecule has 0 fully saturated rings. The van der Waals surface area contributed by atoms with Crippen molar-refractivity contribution in [1.29, 1.82) is 0 Å². The van der Waals surface area contributed by atoms with Gasteiger partial charge in [0.05, 0.1) is 12.8 Å². The molecule has 6 heteroatoms. The first-order valence-electron chi connectivity index (χ1n) is 6.82. The molecule has 0 amide bonds. The number of hydrogen-bond acceptors (Lipinski definition) is 5. The van der Waals surface area contributed by atoms with Crippen LogP contribution in [0.15, 0.2) is 48.5 Å². The van der Waals surface area contributed by atoms with Crippen LogP contribution in [0.1, 0.15) is 0 Å². The molecule has 2 aromatic carbocycles. The molecule has 22 heavy (non-hydrogen) atoms. The van der Waals surface area contributed by atoms with Gasteiger partial charge in [0.15, 0.2) is 0 Å². The van der Waals surface area contributed by atoms with E-state index in [-0.39, 0.29) is 0 Å². The van der Waals surface area contributed by atoms with Crippen molar-refractivity contribution in [3.05, 3.63) is 48.5 Å². The van der Waals surface area contributed by atoms with E-state index in [4.69, 9.17) is 10.5 Å². The summed E-state index contributed by atoms with van der Waals surface area (Å²) in [7, 11) is 1.63. The van der Waals surface area contributed by atoms with Crippen molar-refractivity contribution in [1.82, 2.24) is 20.0 Å². The Morgan fingerprint density at radius 2 is 1.68 bits per heavy atom. The first kappa shape index (κ1) is 12.6. The number of aromatic nitrogens is 4. The van der Waals surface area contributed by atoms with Crippen molar-refractivity contribution in [2.24, 2.45) is 0 Å². The van der Waals surface area contributed by atoms with Crippen LogP contribution in [0.25, 0.3) is 27.6 Å². The highest BCUT2D eigenvalue weighted by Gasteiger charge is 2.12. The second-order valence-corrected chi connectivity index (χ2v) is 4.90. The molecule has 0 saturated heterocycles. The first-order valence-corrected chi connectivity index (χ1v) is 6.82. The van der Waals surface area contributed by atoms with E-state index >= 15 is 0 Å². The Hall–Kier alpha value is -3.15. The monoisotopic (exact) mass is 291 g/mol. The number of anilines is 1. The van der Waals surface area contributed by atoms with E-state index in [0.29, 0.717) is 11.5 Å². The van der Waals surface area contributed by atoms with Gasteiger partial charge in [-0.1, -0.05) is 24.3 Å². The highest BCUT2D eigenvalue weighted by atomic mass is 16.5. The normalized spacial score (nSPS) is 11.1. The molecule has 4 rings (SSSR count). The minimum absolute atomic E-state index is 0.463. The molecule has 0 aliphatic carbocycles. The van der Waals surface area contributed by atoms with E-state index in [0.717, 1.165) is 27.7 Å². The highest BCUT2D eigenvalue weighted by Crippen LogP contribution is 2.26. The number of hydrogen-bond donors (Lipinski definition) is 1. The van der Waals surface area contributed by atoms with Crippen LogP contribution in [-0.4, -0.2) is 27.1 Å². The van der Waals surface area contributed by atoms with Crippen LogP contribution in [-0.2, 0) is 0 Å². The van der Waals surface area contributed by atoms with Gasteiger partial charge in [-0.15, -0.1) is 15.0 Å². The molecule has 6 nitrogen and oxygen atoms in total. The van der Waals surface area contributed by atoms with Gasteiger partial charge in [-0.25, -0.2) is 4.98 Å². The molecule has 2 aromatic heterocycles. The van der Waals surface area contributed by atoms with Gasteiger partial charge in [0.25, 0.3) is 0 Å². The summed E-state index contributed by atoms with van der Waals surface area (Å²) in [5.41, 5.74) is 8.11. The van der Waals surface area contributed by atoms with Gasteiger partial charge in [0.1, 0.15) is 17.1 Å². The summed E-state index contributed by atoms with van der Waals surface area (Å²) in [5, 5.41) is 10.8. The molecule has 0 aliphatic heterocycles. The average Bonchev–Trinajstić information content (AvgIpc) is 2.99. The van der Waals surface area contributed by atoms with Crippen molar-refractivity contribution in [3.63, 3.8) is 0 Å². The highest BCUT2D eigenvalue weighted by molar-refractivity contribution is 6.06. The number of ether oxygens (including phenoxy) is 1. The maximum Gasteiger partial charge on any atom is 0.204 e. The Kier molecular flexibility index (Phi) is 2.69. The molecular formula is C16H13N5O. The Morgan fingerprint density at radius 1 is 0.955 bits per heavy atom. The third-order valence-corrected chi connectivity index (χ3v) is 3.58. The van der Waals surface area contributed by atoms with E-state index in [1.165, 1.54) is 0 Å². The van der Waals surface area contributed by atoms with E-state index < -0.39 is 0 Å². The number of rotatable bonds is 2. The number of nitrogens with zero attached hydrogens (tertiary/aromatic N) is 4. The zero-order chi connectivity index (χ0) is 15.1. The lowest BCUT2D eigenvalue weighted by Crippen LogP contribution is -1.98. The second-order valence-electron chi connectivity index (χ2n) is 4.90. The first-order chi connectivity index (χ1) is 10.8. The van der Waals surface area contributed by atoms with Gasteiger partial charge in [-0.3, -0.25) is 0 Å². The van der Waals surface area contributed by atoms with Crippen molar-refractivity contribution in [3.8, 4) is 11.4 Å². The Bertz CT molecular complexity index is 975. The maximum atomic E-state index is 6.00. The summed E-state index contributed by atoms with van der Waals surface area (Å²) in [5.74, 6) is 1.25. The molecule has 0 aliphatic rings. The van der Waals surface area contributed by atoms with E-state index in [9.17, 15) is 0 Å². The third kappa shape index (κ3) is 1.85. The molecule has 0 bridgehead atoms. The predicted molar refractivity (Wildman–Crippen MR) is 85.1 cm³/mol. The SMILES string of the molecule is COc1ccc(-n2nc3nc(N)c4ccccc4c3n2)cc1. The summed E-state index contributed by atoms with van der Waals surface area (Å²) in [4.78, 5) is 5.90. The van der Waals surface area contributed by atoms with Crippen LogP contribution < -0.4 is 10.5 Å². The molecule has 2 N–H and O–H groups in total. The Balaban J connectivity index is 1.94. The maximum absolute atomic E-state index is 6.00. The standard InChI is InChI=1S/C16H13N5O/c1-22-11-8-6-10(7-9-11)21-19-14-12-4-2-3-5-13(12)15(17)18-16(14)20-21/h2-9H,1H3,(H2,17,18,20). The van der Waals surface area contributed by atoms with Crippen LogP contribution in [0.3, 0.4) is 0 Å².